The number of nitrogen functional groups attached to an aromatic ring is 1. The van der Waals surface area contributed by atoms with E-state index in [0.29, 0.717) is 12.2 Å². The standard InChI is InChI=1S/C18H20N4O5S2/c1-4-27-14-8-11(5-6-13(14)23)7-12-15(19)22-17(20-16(12)24)28-18(21-22)29(25,26)9-10(2)3/h5-8,10H,4,9,19H2,1-3H3/b11-7+. The van der Waals surface area contributed by atoms with Gasteiger partial charge >= 0.3 is 0 Å². The molecule has 0 amide bonds. The average Bonchev–Trinajstić information content (AvgIpc) is 3.05. The molecule has 0 unspecified atom stereocenters. The second kappa shape index (κ2) is 7.91. The number of ketones is 1. The van der Waals surface area contributed by atoms with E-state index in [4.69, 9.17) is 10.5 Å². The molecule has 0 atom stereocenters. The van der Waals surface area contributed by atoms with E-state index in [0.717, 1.165) is 15.9 Å². The fourth-order valence-electron chi connectivity index (χ4n) is 2.68. The van der Waals surface area contributed by atoms with Crippen molar-refractivity contribution < 1.29 is 17.9 Å². The Morgan fingerprint density at radius 2 is 2.03 bits per heavy atom. The van der Waals surface area contributed by atoms with Crippen LogP contribution < -0.4 is 11.3 Å². The van der Waals surface area contributed by atoms with Crippen LogP contribution in [-0.4, -0.2) is 41.2 Å². The van der Waals surface area contributed by atoms with E-state index < -0.39 is 15.4 Å². The van der Waals surface area contributed by atoms with E-state index in [1.54, 1.807) is 20.8 Å². The molecule has 29 heavy (non-hydrogen) atoms. The number of hydrogen-bond acceptors (Lipinski definition) is 9. The molecule has 154 valence electrons. The number of allylic oxidation sites excluding steroid dienone is 4. The van der Waals surface area contributed by atoms with Gasteiger partial charge in [-0.15, -0.1) is 5.10 Å². The lowest BCUT2D eigenvalue weighted by atomic mass is 10.0. The molecule has 11 heteroatoms. The topological polar surface area (TPSA) is 134 Å². The zero-order valence-corrected chi connectivity index (χ0v) is 17.7. The molecule has 0 fully saturated rings. The quantitative estimate of drug-likeness (QED) is 0.722. The highest BCUT2D eigenvalue weighted by molar-refractivity contribution is 7.93. The molecule has 0 saturated carbocycles. The normalized spacial score (nSPS) is 16.1. The van der Waals surface area contributed by atoms with Crippen LogP contribution in [0.4, 0.5) is 5.82 Å². The van der Waals surface area contributed by atoms with Crippen LogP contribution in [0, 0.1) is 5.92 Å². The Bertz CT molecular complexity index is 1230. The number of rotatable bonds is 6. The molecule has 2 aromatic rings. The number of fused-ring (bicyclic) bond motifs is 1. The van der Waals surface area contributed by atoms with E-state index in [9.17, 15) is 18.0 Å². The first-order valence-corrected chi connectivity index (χ1v) is 11.3. The molecule has 0 spiro atoms. The first-order valence-electron chi connectivity index (χ1n) is 8.83. The van der Waals surface area contributed by atoms with E-state index >= 15 is 0 Å². The summed E-state index contributed by atoms with van der Waals surface area (Å²) in [6.45, 7) is 5.66. The maximum Gasteiger partial charge on any atom is 0.283 e. The van der Waals surface area contributed by atoms with Crippen molar-refractivity contribution in [2.24, 2.45) is 5.92 Å². The van der Waals surface area contributed by atoms with Gasteiger partial charge in [0.1, 0.15) is 5.82 Å². The molecule has 2 N–H and O–H groups in total. The second-order valence-corrected chi connectivity index (χ2v) is 9.90. The number of hydrogen-bond donors (Lipinski definition) is 1. The second-order valence-electron chi connectivity index (χ2n) is 6.74. The van der Waals surface area contributed by atoms with Gasteiger partial charge in [-0.1, -0.05) is 31.3 Å². The van der Waals surface area contributed by atoms with Crippen LogP contribution in [0.15, 0.2) is 38.7 Å². The largest absolute Gasteiger partial charge is 0.490 e. The number of anilines is 1. The van der Waals surface area contributed by atoms with E-state index in [2.05, 4.69) is 10.1 Å². The summed E-state index contributed by atoms with van der Waals surface area (Å²) in [4.78, 5) is 28.3. The third-order valence-corrected chi connectivity index (χ3v) is 7.30. The van der Waals surface area contributed by atoms with Crippen LogP contribution in [0.2, 0.25) is 0 Å². The summed E-state index contributed by atoms with van der Waals surface area (Å²) >= 11 is 0.798. The summed E-state index contributed by atoms with van der Waals surface area (Å²) in [5.41, 5.74) is 6.04. The first kappa shape index (κ1) is 20.9. The van der Waals surface area contributed by atoms with Gasteiger partial charge in [0.25, 0.3) is 5.56 Å². The predicted molar refractivity (Wildman–Crippen MR) is 110 cm³/mol. The Balaban J connectivity index is 2.10. The number of ether oxygens (including phenoxy) is 1. The maximum atomic E-state index is 12.5. The minimum absolute atomic E-state index is 0.0357. The highest BCUT2D eigenvalue weighted by atomic mass is 32.2. The fourth-order valence-corrected chi connectivity index (χ4v) is 5.48. The number of nitrogens with two attached hydrogens (primary N) is 1. The molecule has 0 radical (unpaired) electrons. The van der Waals surface area contributed by atoms with Crippen molar-refractivity contribution in [3.05, 3.63) is 45.5 Å². The molecule has 1 aliphatic carbocycles. The van der Waals surface area contributed by atoms with Crippen molar-refractivity contribution in [2.75, 3.05) is 18.1 Å². The van der Waals surface area contributed by atoms with Crippen LogP contribution in [-0.2, 0) is 19.4 Å². The molecule has 0 aliphatic heterocycles. The molecule has 2 aromatic heterocycles. The SMILES string of the molecule is CCOC1=C/C(=C/c2c(N)n3nc(S(=O)(=O)CC(C)C)sc3nc2=O)C=CC1=O. The Hall–Kier alpha value is -2.79. The van der Waals surface area contributed by atoms with Crippen LogP contribution in [0.25, 0.3) is 11.0 Å². The molecular formula is C18H20N4O5S2. The highest BCUT2D eigenvalue weighted by Gasteiger charge is 2.24. The van der Waals surface area contributed by atoms with Crippen molar-refractivity contribution in [2.45, 2.75) is 25.1 Å². The van der Waals surface area contributed by atoms with Gasteiger partial charge in [-0.25, -0.2) is 8.42 Å². The van der Waals surface area contributed by atoms with Crippen LogP contribution in [0.3, 0.4) is 0 Å². The predicted octanol–water partition coefficient (Wildman–Crippen LogP) is 1.61. The summed E-state index contributed by atoms with van der Waals surface area (Å²) in [5, 5.41) is 4.07. The third-order valence-electron chi connectivity index (χ3n) is 3.87. The number of nitrogens with zero attached hydrogens (tertiary/aromatic N) is 3. The van der Waals surface area contributed by atoms with Crippen LogP contribution in [0.1, 0.15) is 26.3 Å². The summed E-state index contributed by atoms with van der Waals surface area (Å²) in [5.74, 6) is -0.305. The van der Waals surface area contributed by atoms with Crippen molar-refractivity contribution in [1.82, 2.24) is 14.6 Å². The monoisotopic (exact) mass is 436 g/mol. The minimum Gasteiger partial charge on any atom is -0.490 e. The van der Waals surface area contributed by atoms with E-state index in [-0.39, 0.29) is 43.9 Å². The van der Waals surface area contributed by atoms with Gasteiger partial charge in [0.2, 0.25) is 24.9 Å². The number of sulfone groups is 1. The lowest BCUT2D eigenvalue weighted by molar-refractivity contribution is -0.114. The lowest BCUT2D eigenvalue weighted by Gasteiger charge is -2.10. The Morgan fingerprint density at radius 1 is 1.31 bits per heavy atom. The van der Waals surface area contributed by atoms with Gasteiger partial charge in [-0.05, 0) is 36.6 Å². The van der Waals surface area contributed by atoms with Gasteiger partial charge < -0.3 is 10.5 Å². The van der Waals surface area contributed by atoms with Crippen LogP contribution >= 0.6 is 11.3 Å². The molecule has 1 aliphatic rings. The summed E-state index contributed by atoms with van der Waals surface area (Å²) in [6.07, 6.45) is 5.81. The molecule has 3 rings (SSSR count). The number of carbonyl (C=O) groups excluding carboxylic acids is 1. The van der Waals surface area contributed by atoms with E-state index in [1.807, 2.05) is 0 Å². The van der Waals surface area contributed by atoms with Gasteiger partial charge in [0.05, 0.1) is 17.9 Å². The molecule has 2 heterocycles. The minimum atomic E-state index is -3.61. The smallest absolute Gasteiger partial charge is 0.283 e. The maximum absolute atomic E-state index is 12.5. The van der Waals surface area contributed by atoms with Crippen molar-refractivity contribution in [3.63, 3.8) is 0 Å². The summed E-state index contributed by atoms with van der Waals surface area (Å²) in [7, 11) is -3.61. The molecular weight excluding hydrogens is 416 g/mol. The molecule has 0 saturated heterocycles. The van der Waals surface area contributed by atoms with Crippen molar-refractivity contribution in [1.29, 1.82) is 0 Å². The first-order chi connectivity index (χ1) is 13.6. The lowest BCUT2D eigenvalue weighted by Crippen LogP contribution is -2.17. The third kappa shape index (κ3) is 4.30. The van der Waals surface area contributed by atoms with Crippen molar-refractivity contribution >= 4 is 43.8 Å². The Kier molecular flexibility index (Phi) is 5.71. The molecule has 0 bridgehead atoms. The van der Waals surface area contributed by atoms with Gasteiger partial charge in [0, 0.05) is 0 Å². The zero-order valence-electron chi connectivity index (χ0n) is 16.1. The van der Waals surface area contributed by atoms with Crippen LogP contribution in [0.5, 0.6) is 0 Å². The molecule has 9 nitrogen and oxygen atoms in total. The van der Waals surface area contributed by atoms with Gasteiger partial charge in [0.15, 0.2) is 5.76 Å². The van der Waals surface area contributed by atoms with Crippen molar-refractivity contribution in [3.8, 4) is 0 Å². The molecule has 0 aromatic carbocycles. The average molecular weight is 437 g/mol. The number of carbonyl (C=O) groups is 1. The van der Waals surface area contributed by atoms with Gasteiger partial charge in [-0.2, -0.15) is 9.50 Å². The van der Waals surface area contributed by atoms with E-state index in [1.165, 1.54) is 24.3 Å². The Labute approximate surface area is 171 Å². The van der Waals surface area contributed by atoms with Gasteiger partial charge in [-0.3, -0.25) is 9.59 Å². The summed E-state index contributed by atoms with van der Waals surface area (Å²) < 4.78 is 31.2. The summed E-state index contributed by atoms with van der Waals surface area (Å²) in [6, 6.07) is 0. The fraction of sp³-hybridized carbons (Fsp3) is 0.333. The Morgan fingerprint density at radius 3 is 2.69 bits per heavy atom. The number of aromatic nitrogens is 3. The highest BCUT2D eigenvalue weighted by Crippen LogP contribution is 2.24. The zero-order chi connectivity index (χ0) is 21.3.